The lowest BCUT2D eigenvalue weighted by atomic mass is 10.0. The molecule has 0 aliphatic carbocycles. The fourth-order valence-corrected chi connectivity index (χ4v) is 2.91. The van der Waals surface area contributed by atoms with Crippen molar-refractivity contribution < 1.29 is 0 Å². The number of hydrogen-bond acceptors (Lipinski definition) is 2. The highest BCUT2D eigenvalue weighted by Crippen LogP contribution is 2.26. The Morgan fingerprint density at radius 3 is 2.88 bits per heavy atom. The number of halogens is 1. The lowest BCUT2D eigenvalue weighted by Crippen LogP contribution is -1.99. The number of allylic oxidation sites excluding steroid dienone is 6. The second-order valence-electron chi connectivity index (χ2n) is 6.43. The maximum atomic E-state index is 6.18. The molecule has 134 valence electrons. The number of unbranched alkanes of at least 4 members (excludes halogenated alkanes) is 2. The zero-order valence-corrected chi connectivity index (χ0v) is 16.2. The van der Waals surface area contributed by atoms with E-state index in [9.17, 15) is 0 Å². The van der Waals surface area contributed by atoms with Gasteiger partial charge in [0.15, 0.2) is 0 Å². The molecule has 2 aromatic heterocycles. The van der Waals surface area contributed by atoms with Gasteiger partial charge in [-0.05, 0) is 56.7 Å². The largest absolute Gasteiger partial charge is 0.402 e. The minimum Gasteiger partial charge on any atom is -0.402 e. The third-order valence-electron chi connectivity index (χ3n) is 4.35. The van der Waals surface area contributed by atoms with E-state index < -0.39 is 0 Å². The molecule has 0 unspecified atom stereocenters. The van der Waals surface area contributed by atoms with Crippen LogP contribution in [0.3, 0.4) is 0 Å². The van der Waals surface area contributed by atoms with E-state index in [4.69, 9.17) is 17.3 Å². The van der Waals surface area contributed by atoms with Crippen molar-refractivity contribution >= 4 is 28.2 Å². The Bertz CT molecular complexity index is 797. The number of nitrogens with two attached hydrogens (primary N) is 1. The first-order valence-corrected chi connectivity index (χ1v) is 9.32. The fourth-order valence-electron chi connectivity index (χ4n) is 2.76. The number of H-pyrrole nitrogens is 1. The molecule has 25 heavy (non-hydrogen) atoms. The van der Waals surface area contributed by atoms with Gasteiger partial charge in [0.2, 0.25) is 0 Å². The fraction of sp³-hybridized carbons (Fsp3) is 0.381. The predicted octanol–water partition coefficient (Wildman–Crippen LogP) is 6.38. The van der Waals surface area contributed by atoms with Crippen LogP contribution in [0.15, 0.2) is 48.0 Å². The summed E-state index contributed by atoms with van der Waals surface area (Å²) >= 11 is 6.07. The standard InChI is InChI=1S/C21H28ClN3/c1-4-5-6-10-16(3)20(23)11-8-7-9-15(2)19-14-25-21-18(19)12-17(22)13-24-21/h6,9-10,12-14H,4-5,7-8,11,23H2,1-3H3,(H,24,25)/b10-6-,15-9+,20-16+. The quantitative estimate of drug-likeness (QED) is 0.425. The summed E-state index contributed by atoms with van der Waals surface area (Å²) in [4.78, 5) is 7.51. The van der Waals surface area contributed by atoms with Gasteiger partial charge in [0.25, 0.3) is 0 Å². The topological polar surface area (TPSA) is 54.7 Å². The summed E-state index contributed by atoms with van der Waals surface area (Å²) in [6.45, 7) is 6.39. The van der Waals surface area contributed by atoms with Crippen molar-refractivity contribution in [1.29, 1.82) is 0 Å². The molecular weight excluding hydrogens is 330 g/mol. The number of fused-ring (bicyclic) bond motifs is 1. The molecule has 0 aliphatic rings. The van der Waals surface area contributed by atoms with Crippen LogP contribution in [0.4, 0.5) is 0 Å². The van der Waals surface area contributed by atoms with Gasteiger partial charge in [0, 0.05) is 29.0 Å². The third-order valence-corrected chi connectivity index (χ3v) is 4.56. The molecule has 0 amide bonds. The zero-order valence-electron chi connectivity index (χ0n) is 15.4. The van der Waals surface area contributed by atoms with Crippen LogP contribution >= 0.6 is 11.6 Å². The molecule has 0 aromatic carbocycles. The van der Waals surface area contributed by atoms with Crippen molar-refractivity contribution in [3.8, 4) is 0 Å². The number of nitrogens with zero attached hydrogens (tertiary/aromatic N) is 1. The van der Waals surface area contributed by atoms with E-state index >= 15 is 0 Å². The van der Waals surface area contributed by atoms with Gasteiger partial charge in [-0.1, -0.05) is 43.2 Å². The van der Waals surface area contributed by atoms with Crippen LogP contribution in [-0.4, -0.2) is 9.97 Å². The Balaban J connectivity index is 1.95. The molecular formula is C21H28ClN3. The summed E-state index contributed by atoms with van der Waals surface area (Å²) in [5.74, 6) is 0. The van der Waals surface area contributed by atoms with E-state index in [1.165, 1.54) is 17.6 Å². The Morgan fingerprint density at radius 1 is 1.32 bits per heavy atom. The highest BCUT2D eigenvalue weighted by Gasteiger charge is 2.06. The Kier molecular flexibility index (Phi) is 7.32. The number of aromatic amines is 1. The van der Waals surface area contributed by atoms with Gasteiger partial charge in [-0.25, -0.2) is 4.98 Å². The molecule has 2 heterocycles. The van der Waals surface area contributed by atoms with Crippen LogP contribution < -0.4 is 5.73 Å². The van der Waals surface area contributed by atoms with E-state index in [-0.39, 0.29) is 0 Å². The number of rotatable bonds is 8. The first-order valence-electron chi connectivity index (χ1n) is 8.94. The zero-order chi connectivity index (χ0) is 18.2. The van der Waals surface area contributed by atoms with Gasteiger partial charge < -0.3 is 10.7 Å². The van der Waals surface area contributed by atoms with Crippen molar-refractivity contribution in [1.82, 2.24) is 9.97 Å². The van der Waals surface area contributed by atoms with Crippen molar-refractivity contribution in [2.24, 2.45) is 5.73 Å². The molecule has 3 N–H and O–H groups in total. The van der Waals surface area contributed by atoms with Crippen LogP contribution in [0.2, 0.25) is 5.02 Å². The maximum absolute atomic E-state index is 6.18. The second-order valence-corrected chi connectivity index (χ2v) is 6.87. The number of hydrogen-bond donors (Lipinski definition) is 2. The van der Waals surface area contributed by atoms with E-state index in [1.54, 1.807) is 6.20 Å². The van der Waals surface area contributed by atoms with Crippen molar-refractivity contribution in [3.05, 3.63) is 58.5 Å². The van der Waals surface area contributed by atoms with Gasteiger partial charge in [-0.15, -0.1) is 0 Å². The Labute approximate surface area is 155 Å². The average molecular weight is 358 g/mol. The molecule has 0 aliphatic heterocycles. The van der Waals surface area contributed by atoms with Gasteiger partial charge in [0.1, 0.15) is 5.65 Å². The van der Waals surface area contributed by atoms with Crippen LogP contribution in [-0.2, 0) is 0 Å². The summed E-state index contributed by atoms with van der Waals surface area (Å²) in [5.41, 5.74) is 11.6. The van der Waals surface area contributed by atoms with E-state index in [1.807, 2.05) is 12.3 Å². The minimum absolute atomic E-state index is 0.658. The highest BCUT2D eigenvalue weighted by atomic mass is 35.5. The Morgan fingerprint density at radius 2 is 2.12 bits per heavy atom. The predicted molar refractivity (Wildman–Crippen MR) is 110 cm³/mol. The maximum Gasteiger partial charge on any atom is 0.137 e. The van der Waals surface area contributed by atoms with Crippen LogP contribution in [0.1, 0.15) is 58.4 Å². The van der Waals surface area contributed by atoms with Crippen LogP contribution in [0.5, 0.6) is 0 Å². The lowest BCUT2D eigenvalue weighted by molar-refractivity contribution is 0.817. The van der Waals surface area contributed by atoms with E-state index in [0.29, 0.717) is 5.02 Å². The molecule has 0 fully saturated rings. The summed E-state index contributed by atoms with van der Waals surface area (Å²) in [6.07, 6.45) is 15.5. The summed E-state index contributed by atoms with van der Waals surface area (Å²) in [5, 5.41) is 1.73. The van der Waals surface area contributed by atoms with E-state index in [0.717, 1.165) is 48.0 Å². The molecule has 0 saturated carbocycles. The number of aromatic nitrogens is 2. The molecule has 2 rings (SSSR count). The van der Waals surface area contributed by atoms with Crippen molar-refractivity contribution in [2.45, 2.75) is 52.9 Å². The number of pyridine rings is 1. The monoisotopic (exact) mass is 357 g/mol. The molecule has 4 heteroatoms. The average Bonchev–Trinajstić information content (AvgIpc) is 3.01. The third kappa shape index (κ3) is 5.50. The van der Waals surface area contributed by atoms with Gasteiger partial charge >= 0.3 is 0 Å². The van der Waals surface area contributed by atoms with Crippen LogP contribution in [0.25, 0.3) is 16.6 Å². The smallest absolute Gasteiger partial charge is 0.137 e. The van der Waals surface area contributed by atoms with Crippen LogP contribution in [0, 0.1) is 0 Å². The first-order chi connectivity index (χ1) is 12.0. The van der Waals surface area contributed by atoms with Gasteiger partial charge in [-0.2, -0.15) is 0 Å². The SMILES string of the molecule is CCC/C=C\C(C)=C(\N)CCC/C=C(\C)c1c[nH]c2ncc(Cl)cc12. The van der Waals surface area contributed by atoms with Crippen molar-refractivity contribution in [3.63, 3.8) is 0 Å². The Hall–Kier alpha value is -2.00. The highest BCUT2D eigenvalue weighted by molar-refractivity contribution is 6.31. The van der Waals surface area contributed by atoms with Gasteiger partial charge in [-0.3, -0.25) is 0 Å². The first kappa shape index (κ1) is 19.3. The molecule has 0 spiro atoms. The molecule has 0 saturated heterocycles. The molecule has 0 radical (unpaired) electrons. The molecule has 0 bridgehead atoms. The number of nitrogens with one attached hydrogen (secondary N) is 1. The van der Waals surface area contributed by atoms with Crippen molar-refractivity contribution in [2.75, 3.05) is 0 Å². The second kappa shape index (κ2) is 9.47. The normalized spacial score (nSPS) is 13.7. The summed E-state index contributed by atoms with van der Waals surface area (Å²) in [7, 11) is 0. The minimum atomic E-state index is 0.658. The summed E-state index contributed by atoms with van der Waals surface area (Å²) in [6, 6.07) is 1.96. The molecule has 3 nitrogen and oxygen atoms in total. The summed E-state index contributed by atoms with van der Waals surface area (Å²) < 4.78 is 0. The van der Waals surface area contributed by atoms with E-state index in [2.05, 4.69) is 49.0 Å². The molecule has 0 atom stereocenters. The van der Waals surface area contributed by atoms with Gasteiger partial charge in [0.05, 0.1) is 5.02 Å². The lowest BCUT2D eigenvalue weighted by Gasteiger charge is -2.04. The molecule has 2 aromatic rings.